The Labute approximate surface area is 130 Å². The summed E-state index contributed by atoms with van der Waals surface area (Å²) >= 11 is 1.29. The van der Waals surface area contributed by atoms with E-state index in [0.29, 0.717) is 6.42 Å². The SMILES string of the molecule is CCc1cc(CC(O)c2snnc2C(C)(C)C)n(CC)n1. The number of aromatic nitrogens is 4. The average molecular weight is 308 g/mol. The van der Waals surface area contributed by atoms with Crippen molar-refractivity contribution < 1.29 is 5.11 Å². The van der Waals surface area contributed by atoms with Gasteiger partial charge in [-0.1, -0.05) is 32.2 Å². The summed E-state index contributed by atoms with van der Waals surface area (Å²) in [6, 6.07) is 2.08. The molecule has 21 heavy (non-hydrogen) atoms. The number of aliphatic hydroxyl groups excluding tert-OH is 1. The minimum absolute atomic E-state index is 0.108. The molecule has 0 aliphatic carbocycles. The summed E-state index contributed by atoms with van der Waals surface area (Å²) in [4.78, 5) is 0.865. The van der Waals surface area contributed by atoms with Crippen molar-refractivity contribution in [2.45, 2.75) is 65.5 Å². The predicted molar refractivity (Wildman–Crippen MR) is 84.6 cm³/mol. The molecule has 0 radical (unpaired) electrons. The molecule has 5 nitrogen and oxygen atoms in total. The molecule has 0 saturated carbocycles. The molecule has 2 aromatic rings. The first-order valence-corrected chi connectivity index (χ1v) is 8.20. The Hall–Kier alpha value is -1.27. The third kappa shape index (κ3) is 3.49. The molecule has 0 saturated heterocycles. The molecule has 1 atom stereocenters. The number of hydrogen-bond donors (Lipinski definition) is 1. The zero-order valence-electron chi connectivity index (χ0n) is 13.4. The molecule has 116 valence electrons. The topological polar surface area (TPSA) is 63.8 Å². The molecule has 0 aromatic carbocycles. The van der Waals surface area contributed by atoms with Gasteiger partial charge in [0.2, 0.25) is 0 Å². The zero-order chi connectivity index (χ0) is 15.6. The molecule has 0 aliphatic rings. The Morgan fingerprint density at radius 2 is 2.05 bits per heavy atom. The van der Waals surface area contributed by atoms with Gasteiger partial charge < -0.3 is 5.11 Å². The van der Waals surface area contributed by atoms with Gasteiger partial charge in [-0.15, -0.1) is 5.10 Å². The molecule has 0 aliphatic heterocycles. The average Bonchev–Trinajstić information content (AvgIpc) is 3.04. The summed E-state index contributed by atoms with van der Waals surface area (Å²) in [7, 11) is 0. The van der Waals surface area contributed by atoms with E-state index in [1.807, 2.05) is 4.68 Å². The number of hydrogen-bond acceptors (Lipinski definition) is 5. The third-order valence-electron chi connectivity index (χ3n) is 3.50. The van der Waals surface area contributed by atoms with Gasteiger partial charge >= 0.3 is 0 Å². The van der Waals surface area contributed by atoms with Gasteiger partial charge in [0.15, 0.2) is 0 Å². The minimum Gasteiger partial charge on any atom is -0.387 e. The van der Waals surface area contributed by atoms with Crippen molar-refractivity contribution in [1.29, 1.82) is 0 Å². The molecule has 6 heteroatoms. The van der Waals surface area contributed by atoms with Gasteiger partial charge in [-0.25, -0.2) is 0 Å². The lowest BCUT2D eigenvalue weighted by molar-refractivity contribution is 0.176. The van der Waals surface area contributed by atoms with Crippen LogP contribution in [0.3, 0.4) is 0 Å². The van der Waals surface area contributed by atoms with Crippen LogP contribution in [0.15, 0.2) is 6.07 Å². The molecular weight excluding hydrogens is 284 g/mol. The molecule has 0 fully saturated rings. The van der Waals surface area contributed by atoms with Crippen LogP contribution in [0.25, 0.3) is 0 Å². The second kappa shape index (κ2) is 6.23. The number of aryl methyl sites for hydroxylation is 2. The van der Waals surface area contributed by atoms with Gasteiger partial charge in [0, 0.05) is 24.1 Å². The highest BCUT2D eigenvalue weighted by Crippen LogP contribution is 2.31. The van der Waals surface area contributed by atoms with Crippen LogP contribution >= 0.6 is 11.5 Å². The lowest BCUT2D eigenvalue weighted by Crippen LogP contribution is -2.17. The standard InChI is InChI=1S/C15H24N4OS/c1-6-10-8-11(19(7-2)17-10)9-12(20)13-14(15(3,4)5)16-18-21-13/h8,12,20H,6-7,9H2,1-5H3. The lowest BCUT2D eigenvalue weighted by Gasteiger charge is -2.19. The quantitative estimate of drug-likeness (QED) is 0.922. The maximum atomic E-state index is 10.6. The van der Waals surface area contributed by atoms with E-state index in [4.69, 9.17) is 0 Å². The fraction of sp³-hybridized carbons (Fsp3) is 0.667. The Morgan fingerprint density at radius 1 is 1.33 bits per heavy atom. The summed E-state index contributed by atoms with van der Waals surface area (Å²) in [5.41, 5.74) is 2.91. The minimum atomic E-state index is -0.578. The number of nitrogens with zero attached hydrogens (tertiary/aromatic N) is 4. The molecule has 2 heterocycles. The van der Waals surface area contributed by atoms with Crippen molar-refractivity contribution in [3.63, 3.8) is 0 Å². The lowest BCUT2D eigenvalue weighted by atomic mass is 9.90. The Bertz CT molecular complexity index is 597. The van der Waals surface area contributed by atoms with Crippen molar-refractivity contribution in [3.05, 3.63) is 28.0 Å². The van der Waals surface area contributed by atoms with E-state index >= 15 is 0 Å². The Kier molecular flexibility index (Phi) is 4.78. The van der Waals surface area contributed by atoms with Crippen LogP contribution in [0.1, 0.15) is 62.7 Å². The van der Waals surface area contributed by atoms with Crippen LogP contribution < -0.4 is 0 Å². The maximum Gasteiger partial charge on any atom is 0.0972 e. The number of rotatable bonds is 5. The molecule has 0 bridgehead atoms. The van der Waals surface area contributed by atoms with Gasteiger partial charge in [-0.3, -0.25) is 4.68 Å². The van der Waals surface area contributed by atoms with Gasteiger partial charge in [0.1, 0.15) is 0 Å². The summed E-state index contributed by atoms with van der Waals surface area (Å²) in [6.45, 7) is 11.2. The summed E-state index contributed by atoms with van der Waals surface area (Å²) < 4.78 is 5.99. The second-order valence-corrected chi connectivity index (χ2v) is 7.04. The zero-order valence-corrected chi connectivity index (χ0v) is 14.2. The highest BCUT2D eigenvalue weighted by atomic mass is 32.1. The smallest absolute Gasteiger partial charge is 0.0972 e. The molecule has 1 N–H and O–H groups in total. The van der Waals surface area contributed by atoms with Gasteiger partial charge in [0.05, 0.1) is 22.4 Å². The van der Waals surface area contributed by atoms with E-state index in [0.717, 1.165) is 34.9 Å². The van der Waals surface area contributed by atoms with Crippen molar-refractivity contribution in [2.75, 3.05) is 0 Å². The molecule has 0 spiro atoms. The van der Waals surface area contributed by atoms with Crippen LogP contribution in [0.4, 0.5) is 0 Å². The van der Waals surface area contributed by atoms with Crippen LogP contribution in [0, 0.1) is 0 Å². The monoisotopic (exact) mass is 308 g/mol. The predicted octanol–water partition coefficient (Wildman–Crippen LogP) is 2.89. The van der Waals surface area contributed by atoms with E-state index in [-0.39, 0.29) is 5.41 Å². The van der Waals surface area contributed by atoms with Gasteiger partial charge in [-0.05, 0) is 30.9 Å². The first-order chi connectivity index (χ1) is 9.86. The van der Waals surface area contributed by atoms with Crippen molar-refractivity contribution in [1.82, 2.24) is 19.4 Å². The van der Waals surface area contributed by atoms with E-state index in [1.54, 1.807) is 0 Å². The molecule has 1 unspecified atom stereocenters. The van der Waals surface area contributed by atoms with Crippen molar-refractivity contribution >= 4 is 11.5 Å². The molecule has 2 aromatic heterocycles. The second-order valence-electron chi connectivity index (χ2n) is 6.25. The molecular formula is C15H24N4OS. The fourth-order valence-corrected chi connectivity index (χ4v) is 3.20. The first kappa shape index (κ1) is 16.1. The first-order valence-electron chi connectivity index (χ1n) is 7.43. The van der Waals surface area contributed by atoms with Crippen molar-refractivity contribution in [3.8, 4) is 0 Å². The van der Waals surface area contributed by atoms with Crippen LogP contribution in [-0.2, 0) is 24.8 Å². The molecule has 2 rings (SSSR count). The van der Waals surface area contributed by atoms with Gasteiger partial charge in [-0.2, -0.15) is 5.10 Å². The largest absolute Gasteiger partial charge is 0.387 e. The summed E-state index contributed by atoms with van der Waals surface area (Å²) in [6.07, 6.45) is 0.880. The number of aliphatic hydroxyl groups is 1. The summed E-state index contributed by atoms with van der Waals surface area (Å²) in [5.74, 6) is 0. The normalized spacial score (nSPS) is 13.6. The van der Waals surface area contributed by atoms with Crippen LogP contribution in [-0.4, -0.2) is 24.5 Å². The van der Waals surface area contributed by atoms with E-state index < -0.39 is 6.10 Å². The van der Waals surface area contributed by atoms with Gasteiger partial charge in [0.25, 0.3) is 0 Å². The van der Waals surface area contributed by atoms with Crippen molar-refractivity contribution in [2.24, 2.45) is 0 Å². The highest BCUT2D eigenvalue weighted by Gasteiger charge is 2.27. The fourth-order valence-electron chi connectivity index (χ4n) is 2.35. The van der Waals surface area contributed by atoms with E-state index in [2.05, 4.69) is 55.4 Å². The third-order valence-corrected chi connectivity index (χ3v) is 4.33. The Balaban J connectivity index is 2.24. The highest BCUT2D eigenvalue weighted by molar-refractivity contribution is 7.05. The van der Waals surface area contributed by atoms with E-state index in [1.165, 1.54) is 11.5 Å². The van der Waals surface area contributed by atoms with E-state index in [9.17, 15) is 5.11 Å². The maximum absolute atomic E-state index is 10.6. The molecule has 0 amide bonds. The Morgan fingerprint density at radius 3 is 2.62 bits per heavy atom. The van der Waals surface area contributed by atoms with Crippen LogP contribution in [0.5, 0.6) is 0 Å². The van der Waals surface area contributed by atoms with Crippen LogP contribution in [0.2, 0.25) is 0 Å². The summed E-state index contributed by atoms with van der Waals surface area (Å²) in [5, 5.41) is 19.3.